The summed E-state index contributed by atoms with van der Waals surface area (Å²) in [7, 11) is 0. The molecule has 7 nitrogen and oxygen atoms in total. The Morgan fingerprint density at radius 3 is 1.88 bits per heavy atom. The van der Waals surface area contributed by atoms with Crippen LogP contribution in [0.2, 0.25) is 0 Å². The van der Waals surface area contributed by atoms with E-state index in [0.29, 0.717) is 37.8 Å². The molecular formula is C9H17N5O2S. The minimum absolute atomic E-state index is 0.125. The number of hydrogen-bond donors (Lipinski definition) is 5. The van der Waals surface area contributed by atoms with Crippen LogP contribution in [-0.2, 0) is 0 Å². The van der Waals surface area contributed by atoms with Crippen molar-refractivity contribution >= 4 is 24.1 Å². The highest BCUT2D eigenvalue weighted by molar-refractivity contribution is 7.71. The van der Waals surface area contributed by atoms with Gasteiger partial charge in [-0.25, -0.2) is 0 Å². The Hall–Kier alpha value is -1.25. The first kappa shape index (κ1) is 13.8. The molecule has 0 radical (unpaired) electrons. The van der Waals surface area contributed by atoms with Crippen molar-refractivity contribution < 1.29 is 10.2 Å². The molecule has 0 spiro atoms. The van der Waals surface area contributed by atoms with Crippen LogP contribution in [0.5, 0.6) is 0 Å². The molecule has 1 aromatic rings. The second-order valence-corrected chi connectivity index (χ2v) is 3.70. The molecule has 0 aliphatic carbocycles. The standard InChI is InChI=1S/C9H17N5O2S/c15-5-1-3-10-7-12-8(11-4-2-6-16)14-9(17)13-7/h15-16H,1-6H2,(H3,10,11,12,13,14,17). The highest BCUT2D eigenvalue weighted by atomic mass is 32.1. The smallest absolute Gasteiger partial charge is 0.225 e. The normalized spacial score (nSPS) is 10.2. The van der Waals surface area contributed by atoms with E-state index < -0.39 is 0 Å². The van der Waals surface area contributed by atoms with Gasteiger partial charge in [0, 0.05) is 26.3 Å². The first-order valence-electron chi connectivity index (χ1n) is 5.44. The van der Waals surface area contributed by atoms with E-state index in [1.54, 1.807) is 0 Å². The van der Waals surface area contributed by atoms with Crippen LogP contribution in [0.15, 0.2) is 0 Å². The van der Waals surface area contributed by atoms with Crippen LogP contribution in [-0.4, -0.2) is 51.5 Å². The molecule has 0 unspecified atom stereocenters. The number of nitrogens with one attached hydrogen (secondary N) is 3. The molecular weight excluding hydrogens is 242 g/mol. The van der Waals surface area contributed by atoms with Gasteiger partial charge in [0.25, 0.3) is 0 Å². The fraction of sp³-hybridized carbons (Fsp3) is 0.667. The molecule has 0 atom stereocenters. The van der Waals surface area contributed by atoms with Gasteiger partial charge in [-0.1, -0.05) is 0 Å². The lowest BCUT2D eigenvalue weighted by atomic mass is 10.4. The molecule has 1 heterocycles. The zero-order valence-electron chi connectivity index (χ0n) is 9.44. The summed E-state index contributed by atoms with van der Waals surface area (Å²) in [6, 6.07) is 0. The van der Waals surface area contributed by atoms with Gasteiger partial charge in [-0.3, -0.25) is 4.98 Å². The predicted octanol–water partition coefficient (Wildman–Crippen LogP) is 0.123. The van der Waals surface area contributed by atoms with Crippen LogP contribution in [0.3, 0.4) is 0 Å². The third kappa shape index (κ3) is 5.57. The lowest BCUT2D eigenvalue weighted by Crippen LogP contribution is -2.12. The summed E-state index contributed by atoms with van der Waals surface area (Å²) in [5, 5.41) is 23.3. The molecule has 0 fully saturated rings. The zero-order valence-corrected chi connectivity index (χ0v) is 10.3. The van der Waals surface area contributed by atoms with Gasteiger partial charge < -0.3 is 20.8 Å². The van der Waals surface area contributed by atoms with E-state index in [1.807, 2.05) is 0 Å². The molecule has 0 saturated carbocycles. The van der Waals surface area contributed by atoms with Crippen molar-refractivity contribution in [3.8, 4) is 0 Å². The van der Waals surface area contributed by atoms with Crippen molar-refractivity contribution in [3.63, 3.8) is 0 Å². The summed E-state index contributed by atoms with van der Waals surface area (Å²) >= 11 is 4.92. The molecule has 0 bridgehead atoms. The van der Waals surface area contributed by atoms with Crippen LogP contribution >= 0.6 is 12.2 Å². The molecule has 0 aliphatic heterocycles. The Kier molecular flexibility index (Phi) is 6.45. The number of H-pyrrole nitrogens is 1. The van der Waals surface area contributed by atoms with E-state index in [-0.39, 0.29) is 18.0 Å². The van der Waals surface area contributed by atoms with Gasteiger partial charge in [0.05, 0.1) is 0 Å². The summed E-state index contributed by atoms with van der Waals surface area (Å²) < 4.78 is 0.238. The summed E-state index contributed by atoms with van der Waals surface area (Å²) in [5.41, 5.74) is 0. The van der Waals surface area contributed by atoms with Crippen molar-refractivity contribution in [2.24, 2.45) is 0 Å². The maximum absolute atomic E-state index is 8.66. The van der Waals surface area contributed by atoms with Gasteiger partial charge in [0.1, 0.15) is 0 Å². The van der Waals surface area contributed by atoms with Crippen LogP contribution in [0.4, 0.5) is 11.9 Å². The molecule has 5 N–H and O–H groups in total. The van der Waals surface area contributed by atoms with E-state index in [1.165, 1.54) is 0 Å². The first-order valence-corrected chi connectivity index (χ1v) is 5.85. The highest BCUT2D eigenvalue weighted by Gasteiger charge is 1.99. The number of nitrogens with zero attached hydrogens (tertiary/aromatic N) is 2. The summed E-state index contributed by atoms with van der Waals surface area (Å²) in [5.74, 6) is 1.04. The van der Waals surface area contributed by atoms with Crippen LogP contribution in [0.25, 0.3) is 0 Å². The fourth-order valence-corrected chi connectivity index (χ4v) is 1.31. The van der Waals surface area contributed by atoms with Gasteiger partial charge >= 0.3 is 0 Å². The maximum Gasteiger partial charge on any atom is 0.225 e. The fourth-order valence-electron chi connectivity index (χ4n) is 1.12. The van der Waals surface area contributed by atoms with Crippen LogP contribution in [0, 0.1) is 4.77 Å². The SMILES string of the molecule is OCCCNc1nc(=S)nc(NCCCO)[nH]1. The molecule has 0 aliphatic rings. The second-order valence-electron chi connectivity index (χ2n) is 3.34. The van der Waals surface area contributed by atoms with E-state index in [4.69, 9.17) is 22.4 Å². The summed E-state index contributed by atoms with van der Waals surface area (Å²) in [4.78, 5) is 10.9. The first-order chi connectivity index (χ1) is 8.26. The number of aromatic amines is 1. The van der Waals surface area contributed by atoms with E-state index >= 15 is 0 Å². The van der Waals surface area contributed by atoms with Gasteiger partial charge in [0.2, 0.25) is 16.7 Å². The number of aromatic nitrogens is 3. The monoisotopic (exact) mass is 259 g/mol. The van der Waals surface area contributed by atoms with Crippen LogP contribution in [0.1, 0.15) is 12.8 Å². The van der Waals surface area contributed by atoms with Crippen LogP contribution < -0.4 is 10.6 Å². The van der Waals surface area contributed by atoms with E-state index in [2.05, 4.69) is 25.6 Å². The Morgan fingerprint density at radius 1 is 1.00 bits per heavy atom. The largest absolute Gasteiger partial charge is 0.396 e. The van der Waals surface area contributed by atoms with Crippen molar-refractivity contribution in [3.05, 3.63) is 4.77 Å². The quantitative estimate of drug-likeness (QED) is 0.333. The van der Waals surface area contributed by atoms with Gasteiger partial charge in [-0.05, 0) is 25.1 Å². The van der Waals surface area contributed by atoms with Gasteiger partial charge in [-0.2, -0.15) is 9.97 Å². The van der Waals surface area contributed by atoms with Crippen molar-refractivity contribution in [2.45, 2.75) is 12.8 Å². The molecule has 8 heteroatoms. The molecule has 0 saturated heterocycles. The lowest BCUT2D eigenvalue weighted by molar-refractivity contribution is 0.292. The van der Waals surface area contributed by atoms with E-state index in [0.717, 1.165) is 0 Å². The van der Waals surface area contributed by atoms with Gasteiger partial charge in [-0.15, -0.1) is 0 Å². The molecule has 17 heavy (non-hydrogen) atoms. The molecule has 0 aromatic carbocycles. The molecule has 1 aromatic heterocycles. The average Bonchev–Trinajstić information content (AvgIpc) is 2.29. The van der Waals surface area contributed by atoms with E-state index in [9.17, 15) is 0 Å². The van der Waals surface area contributed by atoms with Gasteiger partial charge in [0.15, 0.2) is 0 Å². The Labute approximate surface area is 104 Å². The third-order valence-corrected chi connectivity index (χ3v) is 2.09. The number of anilines is 2. The highest BCUT2D eigenvalue weighted by Crippen LogP contribution is 2.03. The van der Waals surface area contributed by atoms with Crippen molar-refractivity contribution in [1.29, 1.82) is 0 Å². The van der Waals surface area contributed by atoms with Crippen molar-refractivity contribution in [2.75, 3.05) is 36.9 Å². The Morgan fingerprint density at radius 2 is 1.47 bits per heavy atom. The molecule has 96 valence electrons. The summed E-state index contributed by atoms with van der Waals surface area (Å²) in [6.45, 7) is 1.46. The lowest BCUT2D eigenvalue weighted by Gasteiger charge is -2.08. The zero-order chi connectivity index (χ0) is 12.5. The average molecular weight is 259 g/mol. The Bertz CT molecular complexity index is 353. The minimum atomic E-state index is 0.125. The summed E-state index contributed by atoms with van der Waals surface area (Å²) in [6.07, 6.45) is 1.27. The molecule has 0 amide bonds. The number of aliphatic hydroxyl groups is 2. The Balaban J connectivity index is 2.56. The second kappa shape index (κ2) is 7.93. The number of rotatable bonds is 8. The maximum atomic E-state index is 8.66. The number of aliphatic hydroxyl groups excluding tert-OH is 2. The number of hydrogen-bond acceptors (Lipinski definition) is 7. The predicted molar refractivity (Wildman–Crippen MR) is 67.6 cm³/mol. The molecule has 1 rings (SSSR count). The minimum Gasteiger partial charge on any atom is -0.396 e. The van der Waals surface area contributed by atoms with Crippen molar-refractivity contribution in [1.82, 2.24) is 15.0 Å². The topological polar surface area (TPSA) is 106 Å². The third-order valence-electron chi connectivity index (χ3n) is 1.91.